The zero-order chi connectivity index (χ0) is 13.1. The van der Waals surface area contributed by atoms with Crippen molar-refractivity contribution < 1.29 is 23.1 Å². The lowest BCUT2D eigenvalue weighted by molar-refractivity contribution is -0.141. The van der Waals surface area contributed by atoms with Crippen LogP contribution in [0.3, 0.4) is 0 Å². The smallest absolute Gasteiger partial charge is 0.307 e. The maximum Gasteiger partial charge on any atom is 0.307 e. The molecule has 100 valence electrons. The number of carbonyl (C=O) groups is 1. The monoisotopic (exact) mass is 265 g/mol. The van der Waals surface area contributed by atoms with Crippen molar-refractivity contribution in [1.29, 1.82) is 0 Å². The SMILES string of the molecule is COCCN(C)S(=O)(=O)C1CCCC1C(=O)O. The van der Waals surface area contributed by atoms with Gasteiger partial charge in [-0.2, -0.15) is 0 Å². The number of carboxylic acids is 1. The van der Waals surface area contributed by atoms with Crippen LogP contribution in [-0.4, -0.2) is 56.4 Å². The number of rotatable bonds is 6. The molecule has 0 aromatic carbocycles. The van der Waals surface area contributed by atoms with E-state index in [1.54, 1.807) is 0 Å². The van der Waals surface area contributed by atoms with Crippen LogP contribution in [0.1, 0.15) is 19.3 Å². The highest BCUT2D eigenvalue weighted by Crippen LogP contribution is 2.32. The minimum absolute atomic E-state index is 0.252. The van der Waals surface area contributed by atoms with Crippen molar-refractivity contribution in [2.45, 2.75) is 24.5 Å². The molecule has 0 amide bonds. The summed E-state index contributed by atoms with van der Waals surface area (Å²) in [5, 5.41) is 8.21. The minimum Gasteiger partial charge on any atom is -0.481 e. The summed E-state index contributed by atoms with van der Waals surface area (Å²) in [7, 11) is -0.573. The van der Waals surface area contributed by atoms with Crippen LogP contribution in [-0.2, 0) is 19.6 Å². The molecule has 0 saturated heterocycles. The molecule has 0 aromatic rings. The first-order valence-electron chi connectivity index (χ1n) is 5.58. The Labute approximate surface area is 102 Å². The summed E-state index contributed by atoms with van der Waals surface area (Å²) in [5.74, 6) is -1.79. The fourth-order valence-corrected chi connectivity index (χ4v) is 4.07. The normalized spacial score (nSPS) is 25.4. The van der Waals surface area contributed by atoms with Gasteiger partial charge in [0, 0.05) is 20.7 Å². The van der Waals surface area contributed by atoms with E-state index in [0.29, 0.717) is 25.9 Å². The number of methoxy groups -OCH3 is 1. The lowest BCUT2D eigenvalue weighted by atomic mass is 10.1. The van der Waals surface area contributed by atoms with Crippen LogP contribution in [0, 0.1) is 5.92 Å². The Balaban J connectivity index is 2.78. The molecule has 1 aliphatic carbocycles. The third kappa shape index (κ3) is 3.17. The lowest BCUT2D eigenvalue weighted by Gasteiger charge is -2.23. The second kappa shape index (κ2) is 5.79. The number of likely N-dealkylation sites (N-methyl/N-ethyl adjacent to an activating group) is 1. The first kappa shape index (κ1) is 14.4. The maximum atomic E-state index is 12.2. The third-order valence-corrected chi connectivity index (χ3v) is 5.58. The molecule has 2 unspecified atom stereocenters. The van der Waals surface area contributed by atoms with Crippen molar-refractivity contribution in [3.8, 4) is 0 Å². The summed E-state index contributed by atoms with van der Waals surface area (Å²) in [5.41, 5.74) is 0. The molecule has 7 heteroatoms. The molecular formula is C10H19NO5S. The summed E-state index contributed by atoms with van der Waals surface area (Å²) >= 11 is 0. The van der Waals surface area contributed by atoms with Crippen molar-refractivity contribution >= 4 is 16.0 Å². The number of aliphatic carboxylic acids is 1. The number of hydrogen-bond acceptors (Lipinski definition) is 4. The van der Waals surface area contributed by atoms with Crippen LogP contribution < -0.4 is 0 Å². The van der Waals surface area contributed by atoms with Gasteiger partial charge in [0.1, 0.15) is 0 Å². The zero-order valence-corrected chi connectivity index (χ0v) is 10.9. The fraction of sp³-hybridized carbons (Fsp3) is 0.900. The van der Waals surface area contributed by atoms with E-state index in [9.17, 15) is 13.2 Å². The molecule has 1 rings (SSSR count). The van der Waals surface area contributed by atoms with Gasteiger partial charge in [-0.25, -0.2) is 12.7 Å². The molecule has 17 heavy (non-hydrogen) atoms. The summed E-state index contributed by atoms with van der Waals surface area (Å²) in [6.07, 6.45) is 1.52. The van der Waals surface area contributed by atoms with E-state index in [-0.39, 0.29) is 6.54 Å². The van der Waals surface area contributed by atoms with Gasteiger partial charge in [0.15, 0.2) is 0 Å². The van der Waals surface area contributed by atoms with Crippen molar-refractivity contribution in [2.75, 3.05) is 27.3 Å². The summed E-state index contributed by atoms with van der Waals surface area (Å²) < 4.78 is 30.3. The molecule has 1 N–H and O–H groups in total. The number of carboxylic acid groups (broad SMARTS) is 1. The topological polar surface area (TPSA) is 83.9 Å². The van der Waals surface area contributed by atoms with E-state index < -0.39 is 27.2 Å². The molecule has 0 aliphatic heterocycles. The molecule has 0 bridgehead atoms. The second-order valence-corrected chi connectivity index (χ2v) is 6.53. The quantitative estimate of drug-likeness (QED) is 0.739. The van der Waals surface area contributed by atoms with E-state index in [4.69, 9.17) is 9.84 Å². The van der Waals surface area contributed by atoms with Crippen molar-refractivity contribution in [3.05, 3.63) is 0 Å². The van der Waals surface area contributed by atoms with E-state index in [1.807, 2.05) is 0 Å². The van der Waals surface area contributed by atoms with Gasteiger partial charge in [0.05, 0.1) is 17.8 Å². The van der Waals surface area contributed by atoms with Crippen LogP contribution in [0.15, 0.2) is 0 Å². The predicted molar refractivity (Wildman–Crippen MR) is 62.2 cm³/mol. The largest absolute Gasteiger partial charge is 0.481 e. The average Bonchev–Trinajstić information content (AvgIpc) is 2.75. The van der Waals surface area contributed by atoms with Gasteiger partial charge in [-0.15, -0.1) is 0 Å². The van der Waals surface area contributed by atoms with Crippen molar-refractivity contribution in [2.24, 2.45) is 5.92 Å². The number of ether oxygens (including phenoxy) is 1. The third-order valence-electron chi connectivity index (χ3n) is 3.20. The Morgan fingerprint density at radius 3 is 2.65 bits per heavy atom. The van der Waals surface area contributed by atoms with Gasteiger partial charge in [-0.05, 0) is 12.8 Å². The second-order valence-electron chi connectivity index (χ2n) is 4.27. The van der Waals surface area contributed by atoms with Gasteiger partial charge in [-0.1, -0.05) is 6.42 Å². The van der Waals surface area contributed by atoms with E-state index in [0.717, 1.165) is 0 Å². The van der Waals surface area contributed by atoms with Gasteiger partial charge < -0.3 is 9.84 Å². The predicted octanol–water partition coefficient (Wildman–Crippen LogP) is 0.148. The van der Waals surface area contributed by atoms with Crippen LogP contribution >= 0.6 is 0 Å². The molecule has 0 aromatic heterocycles. The Bertz CT molecular complexity index is 367. The molecule has 1 aliphatic rings. The summed E-state index contributed by atoms with van der Waals surface area (Å²) in [6, 6.07) is 0. The maximum absolute atomic E-state index is 12.2. The molecule has 1 fully saturated rings. The molecular weight excluding hydrogens is 246 g/mol. The highest BCUT2D eigenvalue weighted by Gasteiger charge is 2.43. The summed E-state index contributed by atoms with van der Waals surface area (Å²) in [6.45, 7) is 0.557. The van der Waals surface area contributed by atoms with Gasteiger partial charge in [0.2, 0.25) is 10.0 Å². The standard InChI is InChI=1S/C10H19NO5S/c1-11(6-7-16-2)17(14,15)9-5-3-4-8(9)10(12)13/h8-9H,3-7H2,1-2H3,(H,12,13). The Hall–Kier alpha value is -0.660. The van der Waals surface area contributed by atoms with Crippen LogP contribution in [0.4, 0.5) is 0 Å². The molecule has 0 spiro atoms. The lowest BCUT2D eigenvalue weighted by Crippen LogP contribution is -2.41. The summed E-state index contributed by atoms with van der Waals surface area (Å²) in [4.78, 5) is 11.0. The van der Waals surface area contributed by atoms with Crippen LogP contribution in [0.5, 0.6) is 0 Å². The highest BCUT2D eigenvalue weighted by molar-refractivity contribution is 7.89. The molecule has 0 heterocycles. The van der Waals surface area contributed by atoms with Crippen LogP contribution in [0.2, 0.25) is 0 Å². The highest BCUT2D eigenvalue weighted by atomic mass is 32.2. The van der Waals surface area contributed by atoms with Crippen molar-refractivity contribution in [1.82, 2.24) is 4.31 Å². The average molecular weight is 265 g/mol. The fourth-order valence-electron chi connectivity index (χ4n) is 2.14. The molecule has 6 nitrogen and oxygen atoms in total. The van der Waals surface area contributed by atoms with Gasteiger partial charge >= 0.3 is 5.97 Å². The molecule has 1 saturated carbocycles. The Morgan fingerprint density at radius 2 is 2.12 bits per heavy atom. The molecule has 0 radical (unpaired) electrons. The number of nitrogens with zero attached hydrogens (tertiary/aromatic N) is 1. The zero-order valence-electron chi connectivity index (χ0n) is 10.1. The number of sulfonamides is 1. The first-order valence-corrected chi connectivity index (χ1v) is 7.08. The van der Waals surface area contributed by atoms with E-state index in [2.05, 4.69) is 0 Å². The Kier molecular flexibility index (Phi) is 4.91. The van der Waals surface area contributed by atoms with E-state index in [1.165, 1.54) is 18.5 Å². The van der Waals surface area contributed by atoms with Gasteiger partial charge in [0.25, 0.3) is 0 Å². The number of hydrogen-bond donors (Lipinski definition) is 1. The van der Waals surface area contributed by atoms with Crippen molar-refractivity contribution in [3.63, 3.8) is 0 Å². The molecule has 2 atom stereocenters. The van der Waals surface area contributed by atoms with E-state index >= 15 is 0 Å². The Morgan fingerprint density at radius 1 is 1.47 bits per heavy atom. The minimum atomic E-state index is -3.53. The van der Waals surface area contributed by atoms with Gasteiger partial charge in [-0.3, -0.25) is 4.79 Å². The first-order chi connectivity index (χ1) is 7.91. The van der Waals surface area contributed by atoms with Crippen LogP contribution in [0.25, 0.3) is 0 Å².